The zero-order valence-corrected chi connectivity index (χ0v) is 10.9. The van der Waals surface area contributed by atoms with Crippen LogP contribution >= 0.6 is 0 Å². The van der Waals surface area contributed by atoms with Crippen molar-refractivity contribution in [2.24, 2.45) is 0 Å². The Balaban J connectivity index is 2.12. The van der Waals surface area contributed by atoms with E-state index >= 15 is 0 Å². The summed E-state index contributed by atoms with van der Waals surface area (Å²) < 4.78 is 16.1. The Morgan fingerprint density at radius 3 is 2.61 bits per heavy atom. The van der Waals surface area contributed by atoms with Crippen LogP contribution in [0.3, 0.4) is 0 Å². The first kappa shape index (κ1) is 12.8. The van der Waals surface area contributed by atoms with Crippen molar-refractivity contribution >= 4 is 11.4 Å². The van der Waals surface area contributed by atoms with Gasteiger partial charge in [0, 0.05) is 39.4 Å². The minimum atomic E-state index is 0.579. The second kappa shape index (κ2) is 5.82. The van der Waals surface area contributed by atoms with Gasteiger partial charge in [-0.1, -0.05) is 0 Å². The number of rotatable bonds is 5. The van der Waals surface area contributed by atoms with E-state index in [9.17, 15) is 0 Å². The largest absolute Gasteiger partial charge is 0.486 e. The lowest BCUT2D eigenvalue weighted by Crippen LogP contribution is -2.22. The molecule has 0 atom stereocenters. The van der Waals surface area contributed by atoms with Gasteiger partial charge in [0.2, 0.25) is 0 Å². The quantitative estimate of drug-likeness (QED) is 0.636. The van der Waals surface area contributed by atoms with E-state index in [4.69, 9.17) is 19.9 Å². The topological polar surface area (TPSA) is 57.0 Å². The minimum Gasteiger partial charge on any atom is -0.486 e. The van der Waals surface area contributed by atoms with Crippen molar-refractivity contribution in [3.05, 3.63) is 12.1 Å². The van der Waals surface area contributed by atoms with Crippen molar-refractivity contribution in [2.75, 3.05) is 51.2 Å². The van der Waals surface area contributed by atoms with Gasteiger partial charge in [-0.2, -0.15) is 0 Å². The number of anilines is 2. The Morgan fingerprint density at radius 1 is 1.28 bits per heavy atom. The number of ether oxygens (including phenoxy) is 3. The van der Waals surface area contributed by atoms with Crippen molar-refractivity contribution in [2.45, 2.75) is 6.42 Å². The molecule has 0 amide bonds. The first-order valence-electron chi connectivity index (χ1n) is 6.11. The van der Waals surface area contributed by atoms with Crippen molar-refractivity contribution in [1.29, 1.82) is 0 Å². The predicted molar refractivity (Wildman–Crippen MR) is 71.6 cm³/mol. The lowest BCUT2D eigenvalue weighted by atomic mass is 10.2. The Morgan fingerprint density at radius 2 is 1.94 bits per heavy atom. The van der Waals surface area contributed by atoms with Crippen molar-refractivity contribution in [1.82, 2.24) is 0 Å². The summed E-state index contributed by atoms with van der Waals surface area (Å²) in [4.78, 5) is 2.10. The Hall–Kier alpha value is -1.62. The molecule has 0 radical (unpaired) electrons. The average Bonchev–Trinajstić information content (AvgIpc) is 2.38. The first-order valence-corrected chi connectivity index (χ1v) is 6.11. The molecule has 0 saturated heterocycles. The number of methoxy groups -OCH3 is 1. The number of hydrogen-bond donors (Lipinski definition) is 1. The molecule has 0 saturated carbocycles. The lowest BCUT2D eigenvalue weighted by molar-refractivity contribution is 0.172. The number of nitrogens with two attached hydrogens (primary N) is 1. The monoisotopic (exact) mass is 252 g/mol. The Kier molecular flexibility index (Phi) is 4.15. The summed E-state index contributed by atoms with van der Waals surface area (Å²) >= 11 is 0. The summed E-state index contributed by atoms with van der Waals surface area (Å²) in [5.41, 5.74) is 7.72. The zero-order valence-electron chi connectivity index (χ0n) is 10.9. The third-order valence-electron chi connectivity index (χ3n) is 2.94. The number of benzene rings is 1. The Labute approximate surface area is 107 Å². The molecule has 5 nitrogen and oxygen atoms in total. The van der Waals surface area contributed by atoms with Crippen LogP contribution in [-0.2, 0) is 4.74 Å². The molecule has 0 aromatic heterocycles. The second-order valence-electron chi connectivity index (χ2n) is 4.32. The van der Waals surface area contributed by atoms with Gasteiger partial charge >= 0.3 is 0 Å². The molecule has 5 heteroatoms. The highest BCUT2D eigenvalue weighted by atomic mass is 16.6. The van der Waals surface area contributed by atoms with E-state index in [1.807, 2.05) is 19.2 Å². The maximum absolute atomic E-state index is 6.04. The lowest BCUT2D eigenvalue weighted by Gasteiger charge is -2.25. The van der Waals surface area contributed by atoms with Crippen LogP contribution in [-0.4, -0.2) is 40.5 Å². The zero-order chi connectivity index (χ0) is 13.0. The van der Waals surface area contributed by atoms with Crippen LogP contribution in [0.25, 0.3) is 0 Å². The molecule has 0 bridgehead atoms. The Bertz CT molecular complexity index is 409. The fourth-order valence-corrected chi connectivity index (χ4v) is 1.99. The summed E-state index contributed by atoms with van der Waals surface area (Å²) in [6.45, 7) is 2.80. The van der Waals surface area contributed by atoms with E-state index in [-0.39, 0.29) is 0 Å². The summed E-state index contributed by atoms with van der Waals surface area (Å²) in [6.07, 6.45) is 0.959. The molecule has 2 N–H and O–H groups in total. The first-order chi connectivity index (χ1) is 8.72. The van der Waals surface area contributed by atoms with Gasteiger partial charge in [-0.05, 0) is 6.42 Å². The van der Waals surface area contributed by atoms with Crippen LogP contribution < -0.4 is 20.1 Å². The fraction of sp³-hybridized carbons (Fsp3) is 0.538. The van der Waals surface area contributed by atoms with E-state index in [1.54, 1.807) is 7.11 Å². The summed E-state index contributed by atoms with van der Waals surface area (Å²) in [5.74, 6) is 1.50. The van der Waals surface area contributed by atoms with Gasteiger partial charge in [-0.3, -0.25) is 0 Å². The van der Waals surface area contributed by atoms with Crippen molar-refractivity contribution in [3.8, 4) is 11.5 Å². The molecule has 0 unspecified atom stereocenters. The third-order valence-corrected chi connectivity index (χ3v) is 2.94. The number of nitrogens with zero attached hydrogens (tertiary/aromatic N) is 1. The van der Waals surface area contributed by atoms with Crippen molar-refractivity contribution < 1.29 is 14.2 Å². The number of fused-ring (bicyclic) bond motifs is 1. The summed E-state index contributed by atoms with van der Waals surface area (Å²) in [6, 6.07) is 3.77. The molecule has 1 aromatic rings. The third kappa shape index (κ3) is 2.79. The molecule has 1 aliphatic heterocycles. The fourth-order valence-electron chi connectivity index (χ4n) is 1.99. The molecule has 2 rings (SSSR count). The van der Waals surface area contributed by atoms with E-state index in [0.29, 0.717) is 18.9 Å². The van der Waals surface area contributed by atoms with Gasteiger partial charge in [0.05, 0.1) is 11.4 Å². The highest BCUT2D eigenvalue weighted by Gasteiger charge is 2.16. The molecule has 1 aromatic carbocycles. The van der Waals surface area contributed by atoms with Gasteiger partial charge in [0.1, 0.15) is 13.2 Å². The normalized spacial score (nSPS) is 13.4. The SMILES string of the molecule is COCCCN(C)c1cc2c(cc1N)OCCO2. The van der Waals surface area contributed by atoms with Gasteiger partial charge in [-0.15, -0.1) is 0 Å². The van der Waals surface area contributed by atoms with Gasteiger partial charge in [0.25, 0.3) is 0 Å². The molecule has 100 valence electrons. The van der Waals surface area contributed by atoms with E-state index < -0.39 is 0 Å². The van der Waals surface area contributed by atoms with Gasteiger partial charge < -0.3 is 24.8 Å². The van der Waals surface area contributed by atoms with Crippen LogP contribution in [0.5, 0.6) is 11.5 Å². The maximum atomic E-state index is 6.04. The van der Waals surface area contributed by atoms with Crippen LogP contribution in [0.4, 0.5) is 11.4 Å². The van der Waals surface area contributed by atoms with Crippen LogP contribution in [0.15, 0.2) is 12.1 Å². The van der Waals surface area contributed by atoms with E-state index in [2.05, 4.69) is 4.90 Å². The molecule has 0 fully saturated rings. The van der Waals surface area contributed by atoms with E-state index in [1.165, 1.54) is 0 Å². The molecule has 0 aliphatic carbocycles. The minimum absolute atomic E-state index is 0.579. The van der Waals surface area contributed by atoms with Crippen LogP contribution in [0, 0.1) is 0 Å². The summed E-state index contributed by atoms with van der Waals surface area (Å²) in [5, 5.41) is 0. The molecule has 1 aliphatic rings. The second-order valence-corrected chi connectivity index (χ2v) is 4.32. The van der Waals surface area contributed by atoms with Crippen LogP contribution in [0.1, 0.15) is 6.42 Å². The van der Waals surface area contributed by atoms with Gasteiger partial charge in [0.15, 0.2) is 11.5 Å². The predicted octanol–water partition coefficient (Wildman–Crippen LogP) is 1.51. The average molecular weight is 252 g/mol. The maximum Gasteiger partial charge on any atom is 0.163 e. The van der Waals surface area contributed by atoms with Gasteiger partial charge in [-0.25, -0.2) is 0 Å². The van der Waals surface area contributed by atoms with Crippen molar-refractivity contribution in [3.63, 3.8) is 0 Å². The highest BCUT2D eigenvalue weighted by molar-refractivity contribution is 5.73. The highest BCUT2D eigenvalue weighted by Crippen LogP contribution is 2.38. The molecular weight excluding hydrogens is 232 g/mol. The number of nitrogen functional groups attached to an aromatic ring is 1. The molecule has 0 spiro atoms. The molecule has 18 heavy (non-hydrogen) atoms. The molecule has 1 heterocycles. The smallest absolute Gasteiger partial charge is 0.163 e. The molecular formula is C13H20N2O3. The van der Waals surface area contributed by atoms with Crippen LogP contribution in [0.2, 0.25) is 0 Å². The number of hydrogen-bond acceptors (Lipinski definition) is 5. The van der Waals surface area contributed by atoms with E-state index in [0.717, 1.165) is 36.8 Å². The standard InChI is InChI=1S/C13H20N2O3/c1-15(4-3-5-16-2)11-9-13-12(8-10(11)14)17-6-7-18-13/h8-9H,3-7,14H2,1-2H3. The summed E-state index contributed by atoms with van der Waals surface area (Å²) in [7, 11) is 3.72.